The van der Waals surface area contributed by atoms with E-state index in [1.54, 1.807) is 31.2 Å². The average Bonchev–Trinajstić information content (AvgIpc) is 2.62. The molecule has 0 radical (unpaired) electrons. The van der Waals surface area contributed by atoms with E-state index in [2.05, 4.69) is 15.8 Å². The molecule has 7 nitrogen and oxygen atoms in total. The Balaban J connectivity index is 1.99. The average molecular weight is 481 g/mol. The van der Waals surface area contributed by atoms with Gasteiger partial charge in [-0.15, -0.1) is 0 Å². The van der Waals surface area contributed by atoms with Gasteiger partial charge in [0.05, 0.1) is 16.4 Å². The molecule has 0 spiro atoms. The van der Waals surface area contributed by atoms with Gasteiger partial charge in [-0.25, -0.2) is 5.43 Å². The minimum atomic E-state index is -0.886. The van der Waals surface area contributed by atoms with Crippen LogP contribution in [0.3, 0.4) is 0 Å². The van der Waals surface area contributed by atoms with E-state index in [-0.39, 0.29) is 5.75 Å². The summed E-state index contributed by atoms with van der Waals surface area (Å²) in [6.07, 6.45) is 1.37. The van der Waals surface area contributed by atoms with Crippen molar-refractivity contribution in [2.24, 2.45) is 5.10 Å². The van der Waals surface area contributed by atoms with E-state index in [0.29, 0.717) is 27.2 Å². The molecule has 0 saturated carbocycles. The van der Waals surface area contributed by atoms with Crippen LogP contribution in [0.25, 0.3) is 0 Å². The van der Waals surface area contributed by atoms with Gasteiger partial charge in [0.1, 0.15) is 0 Å². The molecule has 8 heteroatoms. The number of rotatable bonds is 5. The SMILES string of the molecule is CCOc1cc(/C=N\NC(=O)C(=O)Nc2ccc(C)c(C)c2)cc(I)c1O. The number of anilines is 1. The highest BCUT2D eigenvalue weighted by molar-refractivity contribution is 14.1. The van der Waals surface area contributed by atoms with Crippen LogP contribution in [0.1, 0.15) is 23.6 Å². The second kappa shape index (κ2) is 9.36. The van der Waals surface area contributed by atoms with Gasteiger partial charge in [-0.2, -0.15) is 5.10 Å². The van der Waals surface area contributed by atoms with Crippen LogP contribution in [-0.4, -0.2) is 29.7 Å². The molecule has 0 bridgehead atoms. The zero-order valence-electron chi connectivity index (χ0n) is 15.2. The van der Waals surface area contributed by atoms with Crippen molar-refractivity contribution >= 4 is 46.3 Å². The third kappa shape index (κ3) is 5.68. The van der Waals surface area contributed by atoms with Gasteiger partial charge >= 0.3 is 11.8 Å². The molecule has 0 aliphatic carbocycles. The Kier molecular flexibility index (Phi) is 7.17. The maximum absolute atomic E-state index is 11.9. The topological polar surface area (TPSA) is 100 Å². The molecule has 2 aromatic carbocycles. The van der Waals surface area contributed by atoms with Crippen LogP contribution in [0.15, 0.2) is 35.4 Å². The second-order valence-corrected chi connectivity index (χ2v) is 6.90. The van der Waals surface area contributed by atoms with Crippen molar-refractivity contribution in [2.45, 2.75) is 20.8 Å². The Morgan fingerprint density at radius 3 is 2.59 bits per heavy atom. The highest BCUT2D eigenvalue weighted by Crippen LogP contribution is 2.32. The number of benzene rings is 2. The summed E-state index contributed by atoms with van der Waals surface area (Å²) in [5.74, 6) is -1.33. The number of phenols is 1. The van der Waals surface area contributed by atoms with Crippen LogP contribution in [0.2, 0.25) is 0 Å². The fourth-order valence-corrected chi connectivity index (χ4v) is 2.78. The number of carbonyl (C=O) groups excluding carboxylic acids is 2. The molecule has 2 rings (SSSR count). The van der Waals surface area contributed by atoms with E-state index < -0.39 is 11.8 Å². The standard InChI is InChI=1S/C19H20IN3O4/c1-4-27-16-9-13(8-15(20)17(16)24)10-21-23-19(26)18(25)22-14-6-5-11(2)12(3)7-14/h5-10,24H,4H2,1-3H3,(H,22,25)(H,23,26)/b21-10-. The van der Waals surface area contributed by atoms with Gasteiger partial charge in [0.2, 0.25) is 0 Å². The second-order valence-electron chi connectivity index (χ2n) is 5.73. The maximum Gasteiger partial charge on any atom is 0.329 e. The third-order valence-corrected chi connectivity index (χ3v) is 4.52. The normalized spacial score (nSPS) is 10.7. The third-order valence-electron chi connectivity index (χ3n) is 3.70. The molecule has 0 saturated heterocycles. The number of ether oxygens (including phenoxy) is 1. The number of nitrogens with one attached hydrogen (secondary N) is 2. The Morgan fingerprint density at radius 1 is 1.19 bits per heavy atom. The summed E-state index contributed by atoms with van der Waals surface area (Å²) in [6, 6.07) is 8.64. The summed E-state index contributed by atoms with van der Waals surface area (Å²) >= 11 is 1.97. The molecule has 0 aromatic heterocycles. The summed E-state index contributed by atoms with van der Waals surface area (Å²) in [6.45, 7) is 6.09. The van der Waals surface area contributed by atoms with Gasteiger partial charge in [-0.3, -0.25) is 9.59 Å². The predicted octanol–water partition coefficient (Wildman–Crippen LogP) is 3.10. The van der Waals surface area contributed by atoms with Gasteiger partial charge in [0.15, 0.2) is 11.5 Å². The molecular weight excluding hydrogens is 461 g/mol. The monoisotopic (exact) mass is 481 g/mol. The first kappa shape index (κ1) is 20.7. The largest absolute Gasteiger partial charge is 0.504 e. The van der Waals surface area contributed by atoms with Crippen molar-refractivity contribution in [1.29, 1.82) is 0 Å². The number of aryl methyl sites for hydroxylation is 2. The number of phenolic OH excluding ortho intramolecular Hbond substituents is 1. The van der Waals surface area contributed by atoms with Gasteiger partial charge in [0, 0.05) is 5.69 Å². The van der Waals surface area contributed by atoms with Crippen molar-refractivity contribution in [3.63, 3.8) is 0 Å². The molecule has 2 aromatic rings. The summed E-state index contributed by atoms with van der Waals surface area (Å²) in [4.78, 5) is 23.8. The molecule has 0 heterocycles. The van der Waals surface area contributed by atoms with E-state index >= 15 is 0 Å². The van der Waals surface area contributed by atoms with Gasteiger partial charge in [-0.05, 0) is 84.3 Å². The summed E-state index contributed by atoms with van der Waals surface area (Å²) < 4.78 is 5.92. The van der Waals surface area contributed by atoms with Gasteiger partial charge in [0.25, 0.3) is 0 Å². The first-order chi connectivity index (χ1) is 12.8. The Bertz CT molecular complexity index is 897. The van der Waals surface area contributed by atoms with Crippen LogP contribution < -0.4 is 15.5 Å². The molecule has 3 N–H and O–H groups in total. The number of aromatic hydroxyl groups is 1. The van der Waals surface area contributed by atoms with Crippen LogP contribution >= 0.6 is 22.6 Å². The number of carbonyl (C=O) groups is 2. The zero-order chi connectivity index (χ0) is 20.0. The van der Waals surface area contributed by atoms with Crippen molar-refractivity contribution in [3.05, 3.63) is 50.6 Å². The molecule has 0 fully saturated rings. The fraction of sp³-hybridized carbons (Fsp3) is 0.211. The number of hydrogen-bond acceptors (Lipinski definition) is 5. The Hall–Kier alpha value is -2.62. The van der Waals surface area contributed by atoms with Crippen molar-refractivity contribution < 1.29 is 19.4 Å². The van der Waals surface area contributed by atoms with Crippen molar-refractivity contribution in [1.82, 2.24) is 5.43 Å². The zero-order valence-corrected chi connectivity index (χ0v) is 17.3. The Morgan fingerprint density at radius 2 is 1.93 bits per heavy atom. The molecule has 142 valence electrons. The molecule has 0 aliphatic rings. The fourth-order valence-electron chi connectivity index (χ4n) is 2.16. The highest BCUT2D eigenvalue weighted by atomic mass is 127. The van der Waals surface area contributed by atoms with Crippen LogP contribution in [0, 0.1) is 17.4 Å². The lowest BCUT2D eigenvalue weighted by Gasteiger charge is -2.08. The molecule has 0 aliphatic heterocycles. The van der Waals surface area contributed by atoms with Crippen molar-refractivity contribution in [3.8, 4) is 11.5 Å². The lowest BCUT2D eigenvalue weighted by atomic mass is 10.1. The van der Waals surface area contributed by atoms with E-state index in [1.165, 1.54) is 6.21 Å². The minimum absolute atomic E-state index is 0.0476. The maximum atomic E-state index is 11.9. The van der Waals surface area contributed by atoms with Crippen LogP contribution in [0.4, 0.5) is 5.69 Å². The molecule has 27 heavy (non-hydrogen) atoms. The van der Waals surface area contributed by atoms with Gasteiger partial charge < -0.3 is 15.2 Å². The van der Waals surface area contributed by atoms with Crippen molar-refractivity contribution in [2.75, 3.05) is 11.9 Å². The summed E-state index contributed by atoms with van der Waals surface area (Å²) in [5.41, 5.74) is 5.43. The lowest BCUT2D eigenvalue weighted by Crippen LogP contribution is -2.32. The first-order valence-corrected chi connectivity index (χ1v) is 9.26. The van der Waals surface area contributed by atoms with E-state index in [0.717, 1.165) is 11.1 Å². The molecule has 0 unspecified atom stereocenters. The number of hydrazone groups is 1. The first-order valence-electron chi connectivity index (χ1n) is 8.18. The predicted molar refractivity (Wildman–Crippen MR) is 112 cm³/mol. The van der Waals surface area contributed by atoms with E-state index in [9.17, 15) is 14.7 Å². The number of nitrogens with zero attached hydrogens (tertiary/aromatic N) is 1. The number of halogens is 1. The summed E-state index contributed by atoms with van der Waals surface area (Å²) in [5, 5.41) is 16.2. The van der Waals surface area contributed by atoms with E-state index in [1.807, 2.05) is 42.5 Å². The van der Waals surface area contributed by atoms with E-state index in [4.69, 9.17) is 4.74 Å². The van der Waals surface area contributed by atoms with Crippen LogP contribution in [0.5, 0.6) is 11.5 Å². The highest BCUT2D eigenvalue weighted by Gasteiger charge is 2.13. The quantitative estimate of drug-likeness (QED) is 0.265. The molecule has 0 atom stereocenters. The molecule has 2 amide bonds. The number of hydrogen-bond donors (Lipinski definition) is 3. The lowest BCUT2D eigenvalue weighted by molar-refractivity contribution is -0.136. The van der Waals surface area contributed by atoms with Crippen LogP contribution in [-0.2, 0) is 9.59 Å². The summed E-state index contributed by atoms with van der Waals surface area (Å²) in [7, 11) is 0. The Labute approximate surface area is 171 Å². The smallest absolute Gasteiger partial charge is 0.329 e. The minimum Gasteiger partial charge on any atom is -0.504 e. The molecular formula is C19H20IN3O4. The van der Waals surface area contributed by atoms with Gasteiger partial charge in [-0.1, -0.05) is 6.07 Å². The number of amides is 2.